The van der Waals surface area contributed by atoms with E-state index in [-0.39, 0.29) is 6.04 Å². The Labute approximate surface area is 131 Å². The third-order valence-electron chi connectivity index (χ3n) is 2.82. The molecule has 108 valence electrons. The van der Waals surface area contributed by atoms with E-state index in [0.717, 1.165) is 26.4 Å². The van der Waals surface area contributed by atoms with Crippen LogP contribution in [0.1, 0.15) is 30.3 Å². The maximum atomic E-state index is 6.31. The van der Waals surface area contributed by atoms with Crippen LogP contribution >= 0.6 is 27.3 Å². The third kappa shape index (κ3) is 3.53. The van der Waals surface area contributed by atoms with Gasteiger partial charge in [-0.15, -0.1) is 11.3 Å². The van der Waals surface area contributed by atoms with Crippen molar-refractivity contribution in [2.24, 2.45) is 5.73 Å². The largest absolute Gasteiger partial charge is 0.490 e. The molecule has 0 radical (unpaired) electrons. The zero-order chi connectivity index (χ0) is 14.5. The van der Waals surface area contributed by atoms with Gasteiger partial charge in [-0.25, -0.2) is 0 Å². The zero-order valence-corrected chi connectivity index (χ0v) is 14.0. The van der Waals surface area contributed by atoms with Crippen LogP contribution in [0.2, 0.25) is 0 Å². The van der Waals surface area contributed by atoms with Crippen molar-refractivity contribution in [2.75, 3.05) is 13.2 Å². The van der Waals surface area contributed by atoms with E-state index in [0.29, 0.717) is 13.2 Å². The van der Waals surface area contributed by atoms with Gasteiger partial charge in [-0.1, -0.05) is 6.07 Å². The van der Waals surface area contributed by atoms with Gasteiger partial charge in [-0.2, -0.15) is 0 Å². The Balaban J connectivity index is 2.29. The molecule has 0 saturated carbocycles. The van der Waals surface area contributed by atoms with E-state index in [1.807, 2.05) is 43.5 Å². The van der Waals surface area contributed by atoms with Crippen LogP contribution in [0.25, 0.3) is 0 Å². The first-order chi connectivity index (χ1) is 9.65. The summed E-state index contributed by atoms with van der Waals surface area (Å²) in [5.41, 5.74) is 7.33. The molecule has 1 aromatic carbocycles. The van der Waals surface area contributed by atoms with Gasteiger partial charge < -0.3 is 15.2 Å². The molecule has 1 unspecified atom stereocenters. The number of ether oxygens (including phenoxy) is 2. The highest BCUT2D eigenvalue weighted by molar-refractivity contribution is 9.10. The van der Waals surface area contributed by atoms with Crippen LogP contribution in [0, 0.1) is 0 Å². The molecule has 2 aromatic rings. The first kappa shape index (κ1) is 15.4. The summed E-state index contributed by atoms with van der Waals surface area (Å²) in [5, 5.41) is 2.03. The molecule has 2 N–H and O–H groups in total. The molecular formula is C15H18BrNO2S. The van der Waals surface area contributed by atoms with Gasteiger partial charge in [0, 0.05) is 14.7 Å². The quantitative estimate of drug-likeness (QED) is 0.837. The first-order valence-corrected chi connectivity index (χ1v) is 8.22. The molecule has 5 heteroatoms. The lowest BCUT2D eigenvalue weighted by Gasteiger charge is -2.15. The topological polar surface area (TPSA) is 44.5 Å². The molecule has 0 saturated heterocycles. The first-order valence-electron chi connectivity index (χ1n) is 6.54. The Bertz CT molecular complexity index is 571. The molecule has 0 spiro atoms. The van der Waals surface area contributed by atoms with Gasteiger partial charge in [0.2, 0.25) is 0 Å². The van der Waals surface area contributed by atoms with E-state index in [2.05, 4.69) is 15.9 Å². The molecule has 2 rings (SSSR count). The minimum absolute atomic E-state index is 0.152. The number of rotatable bonds is 6. The van der Waals surface area contributed by atoms with Gasteiger partial charge >= 0.3 is 0 Å². The van der Waals surface area contributed by atoms with Crippen LogP contribution < -0.4 is 15.2 Å². The zero-order valence-electron chi connectivity index (χ0n) is 11.6. The second-order valence-electron chi connectivity index (χ2n) is 4.22. The number of benzene rings is 1. The maximum Gasteiger partial charge on any atom is 0.161 e. The van der Waals surface area contributed by atoms with Crippen molar-refractivity contribution < 1.29 is 9.47 Å². The van der Waals surface area contributed by atoms with Gasteiger partial charge in [0.1, 0.15) is 0 Å². The van der Waals surface area contributed by atoms with Crippen LogP contribution in [0.3, 0.4) is 0 Å². The van der Waals surface area contributed by atoms with Crippen LogP contribution in [-0.2, 0) is 0 Å². The van der Waals surface area contributed by atoms with E-state index in [9.17, 15) is 0 Å². The smallest absolute Gasteiger partial charge is 0.161 e. The van der Waals surface area contributed by atoms with E-state index < -0.39 is 0 Å². The Morgan fingerprint density at radius 2 is 1.85 bits per heavy atom. The monoisotopic (exact) mass is 355 g/mol. The molecule has 1 aromatic heterocycles. The van der Waals surface area contributed by atoms with E-state index >= 15 is 0 Å². The average molecular weight is 356 g/mol. The minimum atomic E-state index is -0.152. The van der Waals surface area contributed by atoms with Crippen molar-refractivity contribution in [1.82, 2.24) is 0 Å². The summed E-state index contributed by atoms with van der Waals surface area (Å²) in [7, 11) is 0. The lowest BCUT2D eigenvalue weighted by molar-refractivity contribution is 0.287. The average Bonchev–Trinajstić information content (AvgIpc) is 2.87. The third-order valence-corrected chi connectivity index (χ3v) is 4.60. The Morgan fingerprint density at radius 3 is 2.45 bits per heavy atom. The Hall–Kier alpha value is -1.04. The van der Waals surface area contributed by atoms with Crippen molar-refractivity contribution in [3.63, 3.8) is 0 Å². The van der Waals surface area contributed by atoms with E-state index in [4.69, 9.17) is 15.2 Å². The normalized spacial score (nSPS) is 12.2. The molecule has 20 heavy (non-hydrogen) atoms. The fourth-order valence-electron chi connectivity index (χ4n) is 1.92. The maximum absolute atomic E-state index is 6.31. The second kappa shape index (κ2) is 7.11. The molecular weight excluding hydrogens is 338 g/mol. The summed E-state index contributed by atoms with van der Waals surface area (Å²) in [4.78, 5) is 1.11. The standard InChI is InChI=1S/C15H18BrNO2S/c1-3-18-12-6-5-10(7-13(12)19-4-2)15(17)14-8-11(16)9-20-14/h5-9,15H,3-4,17H2,1-2H3. The van der Waals surface area contributed by atoms with E-state index in [1.165, 1.54) is 0 Å². The van der Waals surface area contributed by atoms with Crippen molar-refractivity contribution in [2.45, 2.75) is 19.9 Å². The number of hydrogen-bond donors (Lipinski definition) is 1. The van der Waals surface area contributed by atoms with Crippen molar-refractivity contribution in [1.29, 1.82) is 0 Å². The summed E-state index contributed by atoms with van der Waals surface area (Å²) < 4.78 is 12.3. The fraction of sp³-hybridized carbons (Fsp3) is 0.333. The number of hydrogen-bond acceptors (Lipinski definition) is 4. The predicted octanol–water partition coefficient (Wildman–Crippen LogP) is 4.36. The Morgan fingerprint density at radius 1 is 1.15 bits per heavy atom. The predicted molar refractivity (Wildman–Crippen MR) is 86.8 cm³/mol. The SMILES string of the molecule is CCOc1ccc(C(N)c2cc(Br)cs2)cc1OCC. The molecule has 0 aliphatic heterocycles. The molecule has 0 amide bonds. The fourth-order valence-corrected chi connectivity index (χ4v) is 3.39. The number of halogens is 1. The van der Waals surface area contributed by atoms with Crippen molar-refractivity contribution in [3.8, 4) is 11.5 Å². The van der Waals surface area contributed by atoms with Gasteiger partial charge in [0.15, 0.2) is 11.5 Å². The van der Waals surface area contributed by atoms with Gasteiger partial charge in [0.25, 0.3) is 0 Å². The molecule has 1 heterocycles. The summed E-state index contributed by atoms with van der Waals surface area (Å²) in [6.07, 6.45) is 0. The van der Waals surface area contributed by atoms with Crippen LogP contribution in [0.15, 0.2) is 34.1 Å². The Kier molecular flexibility index (Phi) is 5.46. The number of nitrogens with two attached hydrogens (primary N) is 1. The molecule has 0 aliphatic rings. The summed E-state index contributed by atoms with van der Waals surface area (Å²) in [6.45, 7) is 5.13. The lowest BCUT2D eigenvalue weighted by Crippen LogP contribution is -2.10. The highest BCUT2D eigenvalue weighted by atomic mass is 79.9. The molecule has 0 bridgehead atoms. The van der Waals surface area contributed by atoms with Crippen molar-refractivity contribution >= 4 is 27.3 Å². The van der Waals surface area contributed by atoms with Gasteiger partial charge in [-0.3, -0.25) is 0 Å². The van der Waals surface area contributed by atoms with Crippen LogP contribution in [-0.4, -0.2) is 13.2 Å². The second-order valence-corrected chi connectivity index (χ2v) is 6.08. The number of thiophene rings is 1. The van der Waals surface area contributed by atoms with Crippen molar-refractivity contribution in [3.05, 3.63) is 44.6 Å². The lowest BCUT2D eigenvalue weighted by atomic mass is 10.1. The van der Waals surface area contributed by atoms with Gasteiger partial charge in [-0.05, 0) is 53.5 Å². The van der Waals surface area contributed by atoms with Gasteiger partial charge in [0.05, 0.1) is 19.3 Å². The highest BCUT2D eigenvalue weighted by Crippen LogP contribution is 2.34. The summed E-state index contributed by atoms with van der Waals surface area (Å²) in [5.74, 6) is 1.51. The van der Waals surface area contributed by atoms with E-state index in [1.54, 1.807) is 11.3 Å². The van der Waals surface area contributed by atoms with Crippen LogP contribution in [0.5, 0.6) is 11.5 Å². The minimum Gasteiger partial charge on any atom is -0.490 e. The summed E-state index contributed by atoms with van der Waals surface area (Å²) in [6, 6.07) is 7.78. The molecule has 3 nitrogen and oxygen atoms in total. The summed E-state index contributed by atoms with van der Waals surface area (Å²) >= 11 is 5.10. The molecule has 1 atom stereocenters. The molecule has 0 aliphatic carbocycles. The van der Waals surface area contributed by atoms with Crippen LogP contribution in [0.4, 0.5) is 0 Å². The highest BCUT2D eigenvalue weighted by Gasteiger charge is 2.14. The molecule has 0 fully saturated rings.